The van der Waals surface area contributed by atoms with Gasteiger partial charge in [-0.05, 0) is 69.7 Å². The predicted octanol–water partition coefficient (Wildman–Crippen LogP) is 9.44. The SMILES string of the molecule is CC(C)(C)OC(=O)N1[C@@H](/C=C/CC[C@@H]2O[C@H](COCc3ccccc3)[C@H](OCc3ccccc3)[C@H](OCc3ccccc3)[C@H]2OCc2ccccc2)COC1(C)C. The van der Waals surface area contributed by atoms with Crippen molar-refractivity contribution in [3.63, 3.8) is 0 Å². The number of allylic oxidation sites excluding steroid dienone is 1. The smallest absolute Gasteiger partial charge is 0.413 e. The Hall–Kier alpha value is -4.35. The normalized spacial score (nSPS) is 23.5. The molecule has 57 heavy (non-hydrogen) atoms. The first-order chi connectivity index (χ1) is 27.6. The molecule has 4 aromatic carbocycles. The third-order valence-electron chi connectivity index (χ3n) is 10.1. The Bertz CT molecular complexity index is 1800. The molecule has 0 aromatic heterocycles. The number of carbonyl (C=O) groups excluding carboxylic acids is 1. The molecule has 2 aliphatic rings. The maximum absolute atomic E-state index is 13.3. The van der Waals surface area contributed by atoms with Gasteiger partial charge in [-0.2, -0.15) is 0 Å². The van der Waals surface area contributed by atoms with E-state index in [2.05, 4.69) is 54.6 Å². The molecule has 9 heteroatoms. The summed E-state index contributed by atoms with van der Waals surface area (Å²) < 4.78 is 45.8. The van der Waals surface area contributed by atoms with E-state index in [-0.39, 0.29) is 12.1 Å². The average molecular weight is 778 g/mol. The molecule has 4 aromatic rings. The molecule has 0 spiro atoms. The van der Waals surface area contributed by atoms with Crippen LogP contribution in [0.5, 0.6) is 0 Å². The second kappa shape index (κ2) is 20.4. The van der Waals surface area contributed by atoms with E-state index >= 15 is 0 Å². The molecular formula is C48H59NO8. The minimum atomic E-state index is -0.800. The Kier molecular flexibility index (Phi) is 15.1. The van der Waals surface area contributed by atoms with Crippen LogP contribution >= 0.6 is 0 Å². The quantitative estimate of drug-likeness (QED) is 0.0982. The summed E-state index contributed by atoms with van der Waals surface area (Å²) in [6.45, 7) is 11.6. The van der Waals surface area contributed by atoms with E-state index in [9.17, 15) is 4.79 Å². The number of benzene rings is 4. The van der Waals surface area contributed by atoms with E-state index in [4.69, 9.17) is 33.2 Å². The Morgan fingerprint density at radius 3 is 1.63 bits per heavy atom. The van der Waals surface area contributed by atoms with E-state index in [0.29, 0.717) is 52.5 Å². The minimum Gasteiger partial charge on any atom is -0.444 e. The van der Waals surface area contributed by atoms with Crippen molar-refractivity contribution in [2.45, 2.75) is 122 Å². The molecule has 0 aliphatic carbocycles. The van der Waals surface area contributed by atoms with Gasteiger partial charge in [-0.25, -0.2) is 4.79 Å². The summed E-state index contributed by atoms with van der Waals surface area (Å²) in [6, 6.07) is 40.3. The van der Waals surface area contributed by atoms with Crippen LogP contribution in [0.3, 0.4) is 0 Å². The highest BCUT2D eigenvalue weighted by Crippen LogP contribution is 2.34. The number of hydrogen-bond donors (Lipinski definition) is 0. The lowest BCUT2D eigenvalue weighted by atomic mass is 9.91. The van der Waals surface area contributed by atoms with Gasteiger partial charge in [0, 0.05) is 0 Å². The van der Waals surface area contributed by atoms with Crippen LogP contribution in [0.15, 0.2) is 133 Å². The molecule has 0 unspecified atom stereocenters. The van der Waals surface area contributed by atoms with Crippen molar-refractivity contribution in [1.82, 2.24) is 4.90 Å². The first kappa shape index (κ1) is 42.3. The molecule has 6 atom stereocenters. The van der Waals surface area contributed by atoms with Gasteiger partial charge in [-0.15, -0.1) is 0 Å². The number of carbonyl (C=O) groups is 1. The lowest BCUT2D eigenvalue weighted by Gasteiger charge is -2.46. The van der Waals surface area contributed by atoms with Crippen LogP contribution in [0.2, 0.25) is 0 Å². The Morgan fingerprint density at radius 2 is 1.14 bits per heavy atom. The van der Waals surface area contributed by atoms with Gasteiger partial charge in [0.05, 0.1) is 51.8 Å². The lowest BCUT2D eigenvalue weighted by molar-refractivity contribution is -0.273. The first-order valence-electron chi connectivity index (χ1n) is 20.1. The zero-order chi connectivity index (χ0) is 40.1. The molecule has 9 nitrogen and oxygen atoms in total. The summed E-state index contributed by atoms with van der Waals surface area (Å²) in [7, 11) is 0. The fourth-order valence-electron chi connectivity index (χ4n) is 7.27. The van der Waals surface area contributed by atoms with Crippen molar-refractivity contribution >= 4 is 6.09 Å². The Morgan fingerprint density at radius 1 is 0.684 bits per heavy atom. The van der Waals surface area contributed by atoms with Gasteiger partial charge < -0.3 is 33.2 Å². The van der Waals surface area contributed by atoms with E-state index in [1.807, 2.05) is 113 Å². The van der Waals surface area contributed by atoms with Crippen molar-refractivity contribution < 1.29 is 38.0 Å². The lowest BCUT2D eigenvalue weighted by Crippen LogP contribution is -2.61. The second-order valence-electron chi connectivity index (χ2n) is 16.2. The van der Waals surface area contributed by atoms with Gasteiger partial charge >= 0.3 is 6.09 Å². The fourth-order valence-corrected chi connectivity index (χ4v) is 7.27. The molecule has 0 saturated carbocycles. The van der Waals surface area contributed by atoms with Crippen LogP contribution < -0.4 is 0 Å². The van der Waals surface area contributed by atoms with Crippen LogP contribution in [0.4, 0.5) is 4.79 Å². The largest absolute Gasteiger partial charge is 0.444 e. The monoisotopic (exact) mass is 777 g/mol. The highest BCUT2D eigenvalue weighted by Gasteiger charge is 2.48. The van der Waals surface area contributed by atoms with Crippen LogP contribution in [-0.2, 0) is 59.6 Å². The topological polar surface area (TPSA) is 84.9 Å². The second-order valence-corrected chi connectivity index (χ2v) is 16.2. The molecule has 304 valence electrons. The molecule has 2 saturated heterocycles. The zero-order valence-corrected chi connectivity index (χ0v) is 34.0. The van der Waals surface area contributed by atoms with Gasteiger partial charge in [-0.3, -0.25) is 4.90 Å². The van der Waals surface area contributed by atoms with Gasteiger partial charge in [0.1, 0.15) is 35.7 Å². The number of hydrogen-bond acceptors (Lipinski definition) is 8. The third kappa shape index (κ3) is 12.6. The van der Waals surface area contributed by atoms with Gasteiger partial charge in [0.25, 0.3) is 0 Å². The standard InChI is InChI=1S/C48H59NO8/c1-47(2,3)57-46(50)49-40(34-55-48(49,4)5)28-18-19-29-41-43(52-31-37-22-12-7-13-23-37)45(54-33-39-26-16-9-17-27-39)44(53-32-38-24-14-8-15-25-38)42(56-41)35-51-30-36-20-10-6-11-21-36/h6-18,20-28,40-45H,19,29-35H2,1-5H3/b28-18+/t40-,41-,42+,43-,44-,45+/m0/s1. The van der Waals surface area contributed by atoms with Crippen molar-refractivity contribution in [2.75, 3.05) is 13.2 Å². The van der Waals surface area contributed by atoms with Gasteiger partial charge in [0.2, 0.25) is 0 Å². The highest BCUT2D eigenvalue weighted by molar-refractivity contribution is 5.70. The Labute approximate surface area is 338 Å². The van der Waals surface area contributed by atoms with Crippen LogP contribution in [0.1, 0.15) is 69.7 Å². The summed E-state index contributed by atoms with van der Waals surface area (Å²) in [4.78, 5) is 15.0. The minimum absolute atomic E-state index is 0.274. The molecule has 2 aliphatic heterocycles. The van der Waals surface area contributed by atoms with E-state index < -0.39 is 41.8 Å². The zero-order valence-electron chi connectivity index (χ0n) is 34.0. The molecule has 6 rings (SSSR count). The van der Waals surface area contributed by atoms with Crippen molar-refractivity contribution in [3.8, 4) is 0 Å². The first-order valence-corrected chi connectivity index (χ1v) is 20.1. The van der Waals surface area contributed by atoms with Crippen molar-refractivity contribution in [3.05, 3.63) is 156 Å². The van der Waals surface area contributed by atoms with Crippen molar-refractivity contribution in [2.24, 2.45) is 0 Å². The Balaban J connectivity index is 1.26. The molecule has 1 amide bonds. The number of amides is 1. The summed E-state index contributed by atoms with van der Waals surface area (Å²) >= 11 is 0. The fraction of sp³-hybridized carbons (Fsp3) is 0.438. The van der Waals surface area contributed by atoms with Gasteiger partial charge in [0.15, 0.2) is 0 Å². The number of rotatable bonds is 17. The molecule has 2 fully saturated rings. The summed E-state index contributed by atoms with van der Waals surface area (Å²) in [5.74, 6) is 0. The van der Waals surface area contributed by atoms with Crippen molar-refractivity contribution in [1.29, 1.82) is 0 Å². The molecule has 2 heterocycles. The molecule has 0 radical (unpaired) electrons. The maximum atomic E-state index is 13.3. The maximum Gasteiger partial charge on any atom is 0.413 e. The molecule has 0 N–H and O–H groups in total. The summed E-state index contributed by atoms with van der Waals surface area (Å²) in [6.07, 6.45) is 2.76. The van der Waals surface area contributed by atoms with Crippen LogP contribution in [0, 0.1) is 0 Å². The predicted molar refractivity (Wildman–Crippen MR) is 220 cm³/mol. The number of nitrogens with zero attached hydrogens (tertiary/aromatic N) is 1. The van der Waals surface area contributed by atoms with Crippen LogP contribution in [0.25, 0.3) is 0 Å². The molecule has 0 bridgehead atoms. The van der Waals surface area contributed by atoms with Crippen LogP contribution in [-0.4, -0.2) is 72.1 Å². The van der Waals surface area contributed by atoms with E-state index in [1.165, 1.54) is 0 Å². The summed E-state index contributed by atoms with van der Waals surface area (Å²) in [5.41, 5.74) is 2.82. The highest BCUT2D eigenvalue weighted by atomic mass is 16.6. The summed E-state index contributed by atoms with van der Waals surface area (Å²) in [5, 5.41) is 0. The van der Waals surface area contributed by atoms with E-state index in [0.717, 1.165) is 22.3 Å². The average Bonchev–Trinajstić information content (AvgIpc) is 3.52. The molecular weight excluding hydrogens is 719 g/mol. The van der Waals surface area contributed by atoms with E-state index in [1.54, 1.807) is 4.90 Å². The third-order valence-corrected chi connectivity index (χ3v) is 10.1. The number of ether oxygens (including phenoxy) is 7. The van der Waals surface area contributed by atoms with Gasteiger partial charge in [-0.1, -0.05) is 133 Å².